The number of hydrogen-bond acceptors (Lipinski definition) is 9. The molecule has 0 aromatic heterocycles. The number of likely N-dealkylation sites (N-methyl/N-ethyl adjacent to an activating group) is 1. The molecule has 0 aliphatic heterocycles. The van der Waals surface area contributed by atoms with Crippen molar-refractivity contribution >= 4 is 28.9 Å². The van der Waals surface area contributed by atoms with Gasteiger partial charge in [-0.2, -0.15) is 0 Å². The highest BCUT2D eigenvalue weighted by molar-refractivity contribution is 6.24. The standard InChI is InChI=1S/C30H33N3O7/c1-13-6-8-14(9-7-13)16-12-19(32(2)3)17-10-15-11-18-23(33(4)5)26(36)22(29(31)39)28(38)30(18,40)27(37)20(15)25(35)21(17)24(16)34/h6-9,12,15,18,23,34-35,38,40H,10-11H2,1-5H3,(H2,31,39). The minimum atomic E-state index is -2.67. The van der Waals surface area contributed by atoms with Gasteiger partial charge in [-0.15, -0.1) is 0 Å². The molecule has 0 radical (unpaired) electrons. The number of amides is 1. The van der Waals surface area contributed by atoms with Crippen molar-refractivity contribution in [3.8, 4) is 16.9 Å². The summed E-state index contributed by atoms with van der Waals surface area (Å²) in [6.07, 6.45) is 0.267. The highest BCUT2D eigenvalue weighted by atomic mass is 16.3. The molecule has 40 heavy (non-hydrogen) atoms. The number of aliphatic hydroxyl groups excluding tert-OH is 2. The third kappa shape index (κ3) is 3.66. The molecule has 210 valence electrons. The largest absolute Gasteiger partial charge is 0.508 e. The van der Waals surface area contributed by atoms with Gasteiger partial charge in [0.1, 0.15) is 22.8 Å². The van der Waals surface area contributed by atoms with Gasteiger partial charge in [0, 0.05) is 36.8 Å². The molecule has 2 aromatic rings. The third-order valence-electron chi connectivity index (χ3n) is 8.54. The molecule has 3 aliphatic carbocycles. The smallest absolute Gasteiger partial charge is 0.255 e. The van der Waals surface area contributed by atoms with Crippen LogP contribution in [-0.4, -0.2) is 82.6 Å². The highest BCUT2D eigenvalue weighted by Crippen LogP contribution is 2.54. The summed E-state index contributed by atoms with van der Waals surface area (Å²) in [5.74, 6) is -6.65. The number of carbonyl (C=O) groups excluding carboxylic acids is 3. The van der Waals surface area contributed by atoms with Gasteiger partial charge in [-0.25, -0.2) is 0 Å². The predicted molar refractivity (Wildman–Crippen MR) is 149 cm³/mol. The fraction of sp³-hybridized carbons (Fsp3) is 0.367. The maximum atomic E-state index is 14.1. The van der Waals surface area contributed by atoms with Gasteiger partial charge in [0.05, 0.1) is 11.6 Å². The Morgan fingerprint density at radius 1 is 1.05 bits per heavy atom. The average Bonchev–Trinajstić information content (AvgIpc) is 2.86. The number of phenols is 1. The van der Waals surface area contributed by atoms with Crippen molar-refractivity contribution in [1.29, 1.82) is 0 Å². The number of aliphatic hydroxyl groups is 3. The number of nitrogens with zero attached hydrogens (tertiary/aromatic N) is 2. The number of anilines is 1. The van der Waals surface area contributed by atoms with Crippen LogP contribution in [0, 0.1) is 18.8 Å². The first-order valence-electron chi connectivity index (χ1n) is 13.0. The molecule has 0 bridgehead atoms. The lowest BCUT2D eigenvalue weighted by Gasteiger charge is -2.50. The molecule has 1 fully saturated rings. The molecular weight excluding hydrogens is 514 g/mol. The van der Waals surface area contributed by atoms with Gasteiger partial charge >= 0.3 is 0 Å². The first kappa shape index (κ1) is 27.4. The predicted octanol–water partition coefficient (Wildman–Crippen LogP) is 2.01. The van der Waals surface area contributed by atoms with Crippen molar-refractivity contribution in [1.82, 2.24) is 4.90 Å². The molecule has 1 amide bonds. The van der Waals surface area contributed by atoms with Crippen LogP contribution in [0.25, 0.3) is 16.9 Å². The van der Waals surface area contributed by atoms with Crippen molar-refractivity contribution < 1.29 is 34.8 Å². The lowest BCUT2D eigenvalue weighted by Crippen LogP contribution is -2.65. The van der Waals surface area contributed by atoms with E-state index in [1.54, 1.807) is 14.1 Å². The van der Waals surface area contributed by atoms with Crippen LogP contribution in [0.2, 0.25) is 0 Å². The summed E-state index contributed by atoms with van der Waals surface area (Å²) < 4.78 is 0. The molecule has 10 heteroatoms. The number of benzene rings is 2. The van der Waals surface area contributed by atoms with E-state index in [0.29, 0.717) is 16.7 Å². The summed E-state index contributed by atoms with van der Waals surface area (Å²) in [5, 5.41) is 45.9. The van der Waals surface area contributed by atoms with Gasteiger partial charge in [0.2, 0.25) is 5.78 Å². The molecule has 5 rings (SSSR count). The van der Waals surface area contributed by atoms with Crippen LogP contribution in [0.5, 0.6) is 5.75 Å². The number of Topliss-reactive ketones (excluding diaryl/α,β-unsaturated/α-hetero) is 2. The molecule has 2 aromatic carbocycles. The Kier molecular flexibility index (Phi) is 6.31. The minimum absolute atomic E-state index is 0.0408. The monoisotopic (exact) mass is 547 g/mol. The topological polar surface area (TPSA) is 165 Å². The summed E-state index contributed by atoms with van der Waals surface area (Å²) in [4.78, 5) is 42.8. The number of carbonyl (C=O) groups is 3. The van der Waals surface area contributed by atoms with E-state index in [0.717, 1.165) is 11.3 Å². The lowest BCUT2D eigenvalue weighted by atomic mass is 9.57. The van der Waals surface area contributed by atoms with Crippen LogP contribution in [0.3, 0.4) is 0 Å². The van der Waals surface area contributed by atoms with Crippen molar-refractivity contribution in [2.75, 3.05) is 33.1 Å². The van der Waals surface area contributed by atoms with Crippen molar-refractivity contribution in [2.24, 2.45) is 17.6 Å². The Morgan fingerprint density at radius 3 is 2.23 bits per heavy atom. The number of primary amides is 1. The SMILES string of the molecule is Cc1ccc(-c2cc(N(C)C)c3c(c2O)C(O)=C2C(=O)C4(O)C(O)=C(C(N)=O)C(=O)C(N(C)C)C4CC2C3)cc1. The summed E-state index contributed by atoms with van der Waals surface area (Å²) in [6.45, 7) is 1.94. The molecule has 4 unspecified atom stereocenters. The van der Waals surface area contributed by atoms with Crippen LogP contribution in [0.4, 0.5) is 5.69 Å². The minimum Gasteiger partial charge on any atom is -0.508 e. The number of aryl methyl sites for hydroxylation is 1. The van der Waals surface area contributed by atoms with E-state index in [9.17, 15) is 34.8 Å². The summed E-state index contributed by atoms with van der Waals surface area (Å²) in [6, 6.07) is 8.20. The highest BCUT2D eigenvalue weighted by Gasteiger charge is 2.64. The van der Waals surface area contributed by atoms with Crippen molar-refractivity contribution in [3.63, 3.8) is 0 Å². The second-order valence-electron chi connectivity index (χ2n) is 11.4. The number of phenolic OH excluding ortho intramolecular Hbond substituents is 1. The fourth-order valence-corrected chi connectivity index (χ4v) is 6.64. The van der Waals surface area contributed by atoms with Gasteiger partial charge < -0.3 is 31.1 Å². The Labute approximate surface area is 231 Å². The van der Waals surface area contributed by atoms with Crippen molar-refractivity contribution in [3.05, 3.63) is 63.9 Å². The number of fused-ring (bicyclic) bond motifs is 3. The molecule has 3 aliphatic rings. The number of rotatable bonds is 4. The molecule has 4 atom stereocenters. The van der Waals surface area contributed by atoms with E-state index in [4.69, 9.17) is 5.73 Å². The molecule has 6 N–H and O–H groups in total. The summed E-state index contributed by atoms with van der Waals surface area (Å²) in [7, 11) is 6.82. The zero-order chi connectivity index (χ0) is 29.4. The Hall–Kier alpha value is -4.15. The Balaban J connectivity index is 1.77. The fourth-order valence-electron chi connectivity index (χ4n) is 6.64. The molecule has 0 saturated heterocycles. The second-order valence-corrected chi connectivity index (χ2v) is 11.4. The van der Waals surface area contributed by atoms with Crippen LogP contribution in [-0.2, 0) is 20.8 Å². The van der Waals surface area contributed by atoms with Crippen LogP contribution >= 0.6 is 0 Å². The van der Waals surface area contributed by atoms with E-state index in [-0.39, 0.29) is 29.7 Å². The van der Waals surface area contributed by atoms with E-state index < -0.39 is 58.0 Å². The first-order chi connectivity index (χ1) is 18.7. The number of aromatic hydroxyl groups is 1. The van der Waals surface area contributed by atoms with Crippen molar-refractivity contribution in [2.45, 2.75) is 31.4 Å². The molecular formula is C30H33N3O7. The second kappa shape index (κ2) is 9.21. The van der Waals surface area contributed by atoms with Crippen LogP contribution in [0.1, 0.15) is 23.1 Å². The summed E-state index contributed by atoms with van der Waals surface area (Å²) in [5.41, 5.74) is 5.30. The van der Waals surface area contributed by atoms with Gasteiger partial charge in [0.25, 0.3) is 5.91 Å². The molecule has 10 nitrogen and oxygen atoms in total. The maximum Gasteiger partial charge on any atom is 0.255 e. The molecule has 0 heterocycles. The third-order valence-corrected chi connectivity index (χ3v) is 8.54. The first-order valence-corrected chi connectivity index (χ1v) is 13.0. The summed E-state index contributed by atoms with van der Waals surface area (Å²) >= 11 is 0. The zero-order valence-corrected chi connectivity index (χ0v) is 23.0. The van der Waals surface area contributed by atoms with Gasteiger partial charge in [-0.1, -0.05) is 29.8 Å². The Bertz CT molecular complexity index is 1540. The normalized spacial score (nSPS) is 26.0. The quantitative estimate of drug-likeness (QED) is 0.360. The molecule has 1 saturated carbocycles. The maximum absolute atomic E-state index is 14.1. The van der Waals surface area contributed by atoms with Gasteiger partial charge in [-0.05, 0) is 57.0 Å². The molecule has 0 spiro atoms. The van der Waals surface area contributed by atoms with E-state index in [1.165, 1.54) is 4.90 Å². The van der Waals surface area contributed by atoms with Crippen LogP contribution < -0.4 is 10.6 Å². The Morgan fingerprint density at radius 2 is 1.68 bits per heavy atom. The van der Waals surface area contributed by atoms with Gasteiger partial charge in [-0.3, -0.25) is 19.3 Å². The number of hydrogen-bond donors (Lipinski definition) is 5. The van der Waals surface area contributed by atoms with Gasteiger partial charge in [0.15, 0.2) is 11.4 Å². The van der Waals surface area contributed by atoms with Crippen LogP contribution in [0.15, 0.2) is 47.2 Å². The van der Waals surface area contributed by atoms with E-state index in [2.05, 4.69) is 0 Å². The number of ketones is 2. The average molecular weight is 548 g/mol. The zero-order valence-electron chi connectivity index (χ0n) is 23.0. The lowest BCUT2D eigenvalue weighted by molar-refractivity contribution is -0.153. The number of nitrogens with two attached hydrogens (primary N) is 1. The van der Waals surface area contributed by atoms with E-state index >= 15 is 0 Å². The van der Waals surface area contributed by atoms with E-state index in [1.807, 2.05) is 56.3 Å².